The maximum absolute atomic E-state index is 12.3. The second kappa shape index (κ2) is 5.22. The summed E-state index contributed by atoms with van der Waals surface area (Å²) in [5.41, 5.74) is 3.00. The van der Waals surface area contributed by atoms with Gasteiger partial charge in [0.05, 0.1) is 6.07 Å². The van der Waals surface area contributed by atoms with E-state index in [9.17, 15) is 4.79 Å². The highest BCUT2D eigenvalue weighted by Crippen LogP contribution is 2.19. The van der Waals surface area contributed by atoms with Crippen LogP contribution in [0.3, 0.4) is 0 Å². The van der Waals surface area contributed by atoms with Crippen molar-refractivity contribution in [3.63, 3.8) is 0 Å². The van der Waals surface area contributed by atoms with E-state index < -0.39 is 0 Å². The minimum atomic E-state index is 0.0955. The van der Waals surface area contributed by atoms with Crippen molar-refractivity contribution in [1.82, 2.24) is 4.90 Å². The normalized spacial score (nSPS) is 16.4. The lowest BCUT2D eigenvalue weighted by Gasteiger charge is -2.29. The lowest BCUT2D eigenvalue weighted by Crippen LogP contribution is -2.38. The molecule has 18 heavy (non-hydrogen) atoms. The monoisotopic (exact) mass is 242 g/mol. The highest BCUT2D eigenvalue weighted by atomic mass is 16.2. The average molecular weight is 242 g/mol. The van der Waals surface area contributed by atoms with Crippen molar-refractivity contribution >= 4 is 5.91 Å². The summed E-state index contributed by atoms with van der Waals surface area (Å²) in [5.74, 6) is 0.214. The van der Waals surface area contributed by atoms with E-state index in [1.807, 2.05) is 30.9 Å². The van der Waals surface area contributed by atoms with E-state index >= 15 is 0 Å². The fourth-order valence-corrected chi connectivity index (χ4v) is 2.49. The quantitative estimate of drug-likeness (QED) is 0.760. The molecule has 3 heteroatoms. The summed E-state index contributed by atoms with van der Waals surface area (Å²) in [6.45, 7) is 5.41. The molecule has 94 valence electrons. The van der Waals surface area contributed by atoms with E-state index in [0.29, 0.717) is 13.1 Å². The van der Waals surface area contributed by atoms with Gasteiger partial charge >= 0.3 is 0 Å². The molecule has 0 spiro atoms. The van der Waals surface area contributed by atoms with Gasteiger partial charge in [0.25, 0.3) is 5.91 Å². The summed E-state index contributed by atoms with van der Waals surface area (Å²) in [6, 6.07) is 8.22. The number of hydrogen-bond donors (Lipinski definition) is 0. The maximum Gasteiger partial charge on any atom is 0.253 e. The average Bonchev–Trinajstić information content (AvgIpc) is 2.37. The minimum Gasteiger partial charge on any atom is -0.339 e. The lowest BCUT2D eigenvalue weighted by molar-refractivity contribution is 0.0707. The van der Waals surface area contributed by atoms with Gasteiger partial charge in [0.15, 0.2) is 0 Å². The molecular formula is C15H18N2O. The van der Waals surface area contributed by atoms with Crippen molar-refractivity contribution in [2.45, 2.75) is 26.7 Å². The van der Waals surface area contributed by atoms with Gasteiger partial charge in [0.1, 0.15) is 0 Å². The maximum atomic E-state index is 12.3. The predicted octanol–water partition coefficient (Wildman–Crippen LogP) is 2.68. The molecule has 1 aliphatic heterocycles. The number of nitriles is 1. The topological polar surface area (TPSA) is 44.1 Å². The first-order valence-corrected chi connectivity index (χ1v) is 6.37. The number of piperidine rings is 1. The zero-order chi connectivity index (χ0) is 13.1. The first-order valence-electron chi connectivity index (χ1n) is 6.37. The van der Waals surface area contributed by atoms with Gasteiger partial charge in [-0.1, -0.05) is 17.2 Å². The Balaban J connectivity index is 2.10. The summed E-state index contributed by atoms with van der Waals surface area (Å²) < 4.78 is 0. The van der Waals surface area contributed by atoms with Gasteiger partial charge < -0.3 is 4.90 Å². The van der Waals surface area contributed by atoms with E-state index in [-0.39, 0.29) is 11.8 Å². The second-order valence-electron chi connectivity index (χ2n) is 5.07. The highest BCUT2D eigenvalue weighted by Gasteiger charge is 2.23. The van der Waals surface area contributed by atoms with Crippen molar-refractivity contribution in [3.05, 3.63) is 34.9 Å². The Kier molecular flexibility index (Phi) is 3.66. The highest BCUT2D eigenvalue weighted by molar-refractivity contribution is 5.94. The van der Waals surface area contributed by atoms with Crippen molar-refractivity contribution in [1.29, 1.82) is 5.26 Å². The van der Waals surface area contributed by atoms with Crippen molar-refractivity contribution in [2.75, 3.05) is 13.1 Å². The Morgan fingerprint density at radius 3 is 2.28 bits per heavy atom. The van der Waals surface area contributed by atoms with Crippen LogP contribution in [0.2, 0.25) is 0 Å². The lowest BCUT2D eigenvalue weighted by atomic mass is 9.97. The third-order valence-corrected chi connectivity index (χ3v) is 3.43. The van der Waals surface area contributed by atoms with Crippen LogP contribution < -0.4 is 0 Å². The molecule has 0 atom stereocenters. The molecule has 1 aliphatic rings. The zero-order valence-corrected chi connectivity index (χ0v) is 10.9. The molecule has 0 aliphatic carbocycles. The molecule has 0 unspecified atom stereocenters. The molecule has 2 rings (SSSR count). The van der Waals surface area contributed by atoms with Crippen molar-refractivity contribution in [3.8, 4) is 6.07 Å². The summed E-state index contributed by atoms with van der Waals surface area (Å²) in [5, 5.41) is 8.85. The van der Waals surface area contributed by atoms with Crippen molar-refractivity contribution < 1.29 is 4.79 Å². The van der Waals surface area contributed by atoms with E-state index in [1.165, 1.54) is 0 Å². The number of hydrogen-bond acceptors (Lipinski definition) is 2. The fraction of sp³-hybridized carbons (Fsp3) is 0.467. The van der Waals surface area contributed by atoms with Crippen LogP contribution in [-0.2, 0) is 0 Å². The molecule has 3 nitrogen and oxygen atoms in total. The Morgan fingerprint density at radius 2 is 1.78 bits per heavy atom. The molecule has 0 N–H and O–H groups in total. The Bertz CT molecular complexity index is 473. The predicted molar refractivity (Wildman–Crippen MR) is 70.2 cm³/mol. The molecule has 0 bridgehead atoms. The van der Waals surface area contributed by atoms with Gasteiger partial charge in [-0.3, -0.25) is 4.79 Å². The smallest absolute Gasteiger partial charge is 0.253 e. The summed E-state index contributed by atoms with van der Waals surface area (Å²) in [6.07, 6.45) is 1.60. The van der Waals surface area contributed by atoms with Crippen LogP contribution >= 0.6 is 0 Å². The fourth-order valence-electron chi connectivity index (χ4n) is 2.49. The Labute approximate surface area is 108 Å². The number of rotatable bonds is 1. The number of likely N-dealkylation sites (tertiary alicyclic amines) is 1. The molecule has 1 fully saturated rings. The summed E-state index contributed by atoms with van der Waals surface area (Å²) in [7, 11) is 0. The van der Waals surface area contributed by atoms with Gasteiger partial charge in [-0.25, -0.2) is 0 Å². The number of amides is 1. The molecule has 1 aromatic rings. The van der Waals surface area contributed by atoms with Crippen LogP contribution in [-0.4, -0.2) is 23.9 Å². The standard InChI is InChI=1S/C15H18N2O/c1-11-7-12(2)9-14(8-11)15(18)17-5-3-13(10-16)4-6-17/h7-9,13H,3-6H2,1-2H3. The third-order valence-electron chi connectivity index (χ3n) is 3.43. The van der Waals surface area contributed by atoms with Gasteiger partial charge in [-0.15, -0.1) is 0 Å². The SMILES string of the molecule is Cc1cc(C)cc(C(=O)N2CCC(C#N)CC2)c1. The molecular weight excluding hydrogens is 224 g/mol. The van der Waals surface area contributed by atoms with Crippen molar-refractivity contribution in [2.24, 2.45) is 5.92 Å². The van der Waals surface area contributed by atoms with Crippen LogP contribution in [0.5, 0.6) is 0 Å². The van der Waals surface area contributed by atoms with Crippen LogP contribution in [0.1, 0.15) is 34.3 Å². The number of carbonyl (C=O) groups excluding carboxylic acids is 1. The van der Waals surface area contributed by atoms with Crippen LogP contribution in [0.15, 0.2) is 18.2 Å². The molecule has 1 saturated heterocycles. The summed E-state index contributed by atoms with van der Waals surface area (Å²) in [4.78, 5) is 14.2. The molecule has 1 aromatic carbocycles. The second-order valence-corrected chi connectivity index (χ2v) is 5.07. The largest absolute Gasteiger partial charge is 0.339 e. The van der Waals surface area contributed by atoms with Gasteiger partial charge in [-0.2, -0.15) is 5.26 Å². The van der Waals surface area contributed by atoms with E-state index in [2.05, 4.69) is 12.1 Å². The summed E-state index contributed by atoms with van der Waals surface area (Å²) >= 11 is 0. The van der Waals surface area contributed by atoms with E-state index in [1.54, 1.807) is 0 Å². The van der Waals surface area contributed by atoms with Gasteiger partial charge in [-0.05, 0) is 38.8 Å². The first-order chi connectivity index (χ1) is 8.60. The first kappa shape index (κ1) is 12.6. The minimum absolute atomic E-state index is 0.0955. The third kappa shape index (κ3) is 2.70. The molecule has 1 amide bonds. The van der Waals surface area contributed by atoms with Crippen LogP contribution in [0.25, 0.3) is 0 Å². The van der Waals surface area contributed by atoms with Crippen LogP contribution in [0.4, 0.5) is 0 Å². The number of carbonyl (C=O) groups is 1. The Hall–Kier alpha value is -1.82. The number of nitrogens with zero attached hydrogens (tertiary/aromatic N) is 2. The molecule has 0 saturated carbocycles. The van der Waals surface area contributed by atoms with E-state index in [4.69, 9.17) is 5.26 Å². The van der Waals surface area contributed by atoms with Gasteiger partial charge in [0, 0.05) is 24.6 Å². The number of benzene rings is 1. The van der Waals surface area contributed by atoms with Gasteiger partial charge in [0.2, 0.25) is 0 Å². The van der Waals surface area contributed by atoms with E-state index in [0.717, 1.165) is 29.5 Å². The van der Waals surface area contributed by atoms with Crippen LogP contribution in [0, 0.1) is 31.1 Å². The molecule has 0 radical (unpaired) electrons. The number of aryl methyl sites for hydroxylation is 2. The Morgan fingerprint density at radius 1 is 1.22 bits per heavy atom. The zero-order valence-electron chi connectivity index (χ0n) is 10.9. The molecule has 1 heterocycles. The molecule has 0 aromatic heterocycles.